The van der Waals surface area contributed by atoms with E-state index < -0.39 is 17.1 Å². The van der Waals surface area contributed by atoms with Crippen LogP contribution >= 0.6 is 23.1 Å². The molecule has 2 aliphatic rings. The Labute approximate surface area is 231 Å². The second-order valence-corrected chi connectivity index (χ2v) is 11.2. The third kappa shape index (κ3) is 4.43. The van der Waals surface area contributed by atoms with Crippen LogP contribution in [-0.4, -0.2) is 39.6 Å². The van der Waals surface area contributed by atoms with Gasteiger partial charge in [-0.1, -0.05) is 47.4 Å². The van der Waals surface area contributed by atoms with Crippen molar-refractivity contribution in [3.63, 3.8) is 0 Å². The fourth-order valence-electron chi connectivity index (χ4n) is 5.03. The average Bonchev–Trinajstić information content (AvgIpc) is 3.40. The van der Waals surface area contributed by atoms with Gasteiger partial charge in [-0.05, 0) is 48.0 Å². The molecule has 2 aromatic carbocycles. The minimum Gasteiger partial charge on any atom is -0.497 e. The van der Waals surface area contributed by atoms with Gasteiger partial charge in [-0.3, -0.25) is 28.7 Å². The van der Waals surface area contributed by atoms with Crippen molar-refractivity contribution in [2.75, 3.05) is 17.3 Å². The Morgan fingerprint density at radius 2 is 1.77 bits per heavy atom. The van der Waals surface area contributed by atoms with Crippen molar-refractivity contribution in [2.24, 2.45) is 5.92 Å². The van der Waals surface area contributed by atoms with Gasteiger partial charge in [0, 0.05) is 28.9 Å². The molecule has 0 aliphatic carbocycles. The number of rotatable bonds is 6. The molecule has 1 fully saturated rings. The highest BCUT2D eigenvalue weighted by Crippen LogP contribution is 2.53. The third-order valence-corrected chi connectivity index (χ3v) is 9.39. The van der Waals surface area contributed by atoms with E-state index in [1.807, 2.05) is 12.1 Å². The molecule has 2 aromatic heterocycles. The molecule has 0 unspecified atom stereocenters. The maximum atomic E-state index is 13.9. The molecule has 4 heterocycles. The standard InChI is InChI=1S/C28H22N4O5S2/c1-37-19-11-9-18(10-12-19)32-25(34)22-21(16-6-5-13-29-14-16)24-27(38-23(22)26(32)35)31(28(36)39-24)15-20(33)30-17-7-3-2-4-8-17/h2-14,21-23H,15H2,1H3,(H,30,33)/t21-,22-,23+/m0/s1. The van der Waals surface area contributed by atoms with E-state index in [0.717, 1.165) is 16.9 Å². The van der Waals surface area contributed by atoms with E-state index in [0.29, 0.717) is 27.0 Å². The van der Waals surface area contributed by atoms with Gasteiger partial charge in [0.25, 0.3) is 0 Å². The van der Waals surface area contributed by atoms with Crippen molar-refractivity contribution in [1.82, 2.24) is 9.55 Å². The molecule has 9 nitrogen and oxygen atoms in total. The van der Waals surface area contributed by atoms with E-state index >= 15 is 0 Å². The molecule has 0 radical (unpaired) electrons. The minimum absolute atomic E-state index is 0.214. The summed E-state index contributed by atoms with van der Waals surface area (Å²) in [7, 11) is 1.54. The number of methoxy groups -OCH3 is 1. The number of nitrogens with zero attached hydrogens (tertiary/aromatic N) is 3. The number of carbonyl (C=O) groups is 3. The maximum absolute atomic E-state index is 13.9. The van der Waals surface area contributed by atoms with Gasteiger partial charge in [0.1, 0.15) is 17.5 Å². The lowest BCUT2D eigenvalue weighted by Gasteiger charge is -2.30. The number of para-hydroxylation sites is 1. The summed E-state index contributed by atoms with van der Waals surface area (Å²) in [6, 6.07) is 19.3. The first-order valence-corrected chi connectivity index (χ1v) is 13.8. The number of benzene rings is 2. The zero-order valence-electron chi connectivity index (χ0n) is 20.6. The zero-order valence-corrected chi connectivity index (χ0v) is 22.3. The molecule has 196 valence electrons. The molecule has 11 heteroatoms. The smallest absolute Gasteiger partial charge is 0.308 e. The molecular formula is C28H22N4O5S2. The van der Waals surface area contributed by atoms with Crippen LogP contribution in [0.4, 0.5) is 11.4 Å². The van der Waals surface area contributed by atoms with Crippen LogP contribution in [0.5, 0.6) is 5.75 Å². The highest BCUT2D eigenvalue weighted by atomic mass is 32.2. The number of nitrogens with one attached hydrogen (secondary N) is 1. The van der Waals surface area contributed by atoms with Crippen molar-refractivity contribution in [3.8, 4) is 5.75 Å². The van der Waals surface area contributed by atoms with Gasteiger partial charge in [0.15, 0.2) is 0 Å². The Morgan fingerprint density at radius 1 is 1.00 bits per heavy atom. The van der Waals surface area contributed by atoms with Crippen molar-refractivity contribution >= 4 is 52.2 Å². The molecule has 3 atom stereocenters. The number of hydrogen-bond acceptors (Lipinski definition) is 8. The SMILES string of the molecule is COc1ccc(N2C(=O)[C@H]3[C@H](c4cccnc4)c4sc(=O)n(CC(=O)Nc5ccccc5)c4S[C@H]3C2=O)cc1. The maximum Gasteiger partial charge on any atom is 0.308 e. The monoisotopic (exact) mass is 558 g/mol. The number of thioether (sulfide) groups is 1. The molecule has 4 aromatic rings. The van der Waals surface area contributed by atoms with Gasteiger partial charge >= 0.3 is 4.87 Å². The summed E-state index contributed by atoms with van der Waals surface area (Å²) in [5.41, 5.74) is 1.80. The van der Waals surface area contributed by atoms with Gasteiger partial charge in [-0.2, -0.15) is 0 Å². The highest BCUT2D eigenvalue weighted by molar-refractivity contribution is 8.00. The second-order valence-electron chi connectivity index (χ2n) is 9.08. The fourth-order valence-corrected chi connectivity index (χ4v) is 7.80. The molecule has 6 rings (SSSR count). The fraction of sp³-hybridized carbons (Fsp3) is 0.179. The summed E-state index contributed by atoms with van der Waals surface area (Å²) < 4.78 is 6.62. The summed E-state index contributed by atoms with van der Waals surface area (Å²) in [4.78, 5) is 59.5. The van der Waals surface area contributed by atoms with Gasteiger partial charge in [-0.15, -0.1) is 0 Å². The van der Waals surface area contributed by atoms with Crippen LogP contribution < -0.4 is 19.8 Å². The Bertz CT molecular complexity index is 1620. The lowest BCUT2D eigenvalue weighted by atomic mass is 9.84. The van der Waals surface area contributed by atoms with Crippen LogP contribution in [0, 0.1) is 5.92 Å². The van der Waals surface area contributed by atoms with Crippen molar-refractivity contribution in [3.05, 3.63) is 99.2 Å². The van der Waals surface area contributed by atoms with E-state index in [2.05, 4.69) is 10.3 Å². The number of ether oxygens (including phenoxy) is 1. The van der Waals surface area contributed by atoms with E-state index in [1.165, 1.54) is 21.2 Å². The largest absolute Gasteiger partial charge is 0.497 e. The van der Waals surface area contributed by atoms with Gasteiger partial charge < -0.3 is 10.1 Å². The molecule has 0 bridgehead atoms. The number of thiazole rings is 1. The Kier molecular flexibility index (Phi) is 6.53. The summed E-state index contributed by atoms with van der Waals surface area (Å²) in [6.45, 7) is -0.214. The first-order valence-electron chi connectivity index (χ1n) is 12.1. The van der Waals surface area contributed by atoms with E-state index in [-0.39, 0.29) is 29.1 Å². The Balaban J connectivity index is 1.40. The number of aromatic nitrogens is 2. The summed E-state index contributed by atoms with van der Waals surface area (Å²) >= 11 is 2.18. The molecule has 39 heavy (non-hydrogen) atoms. The molecular weight excluding hydrogens is 536 g/mol. The number of imide groups is 1. The van der Waals surface area contributed by atoms with Crippen LogP contribution in [0.25, 0.3) is 0 Å². The number of anilines is 2. The van der Waals surface area contributed by atoms with Crippen molar-refractivity contribution in [2.45, 2.75) is 22.7 Å². The average molecular weight is 559 g/mol. The summed E-state index contributed by atoms with van der Waals surface area (Å²) in [6.07, 6.45) is 3.29. The van der Waals surface area contributed by atoms with Gasteiger partial charge in [0.2, 0.25) is 17.7 Å². The quantitative estimate of drug-likeness (QED) is 0.359. The van der Waals surface area contributed by atoms with E-state index in [4.69, 9.17) is 4.74 Å². The first-order chi connectivity index (χ1) is 19.0. The molecule has 0 spiro atoms. The first kappa shape index (κ1) is 25.1. The lowest BCUT2D eigenvalue weighted by molar-refractivity contribution is -0.122. The van der Waals surface area contributed by atoms with Crippen LogP contribution in [-0.2, 0) is 20.9 Å². The summed E-state index contributed by atoms with van der Waals surface area (Å²) in [5, 5.41) is 2.56. The van der Waals surface area contributed by atoms with Gasteiger partial charge in [-0.25, -0.2) is 4.90 Å². The molecule has 1 N–H and O–H groups in total. The van der Waals surface area contributed by atoms with Crippen LogP contribution in [0.2, 0.25) is 0 Å². The van der Waals surface area contributed by atoms with Crippen LogP contribution in [0.1, 0.15) is 16.4 Å². The molecule has 1 saturated heterocycles. The van der Waals surface area contributed by atoms with Gasteiger partial charge in [0.05, 0.1) is 23.7 Å². The number of amides is 3. The van der Waals surface area contributed by atoms with Crippen molar-refractivity contribution in [1.29, 1.82) is 0 Å². The van der Waals surface area contributed by atoms with Crippen LogP contribution in [0.3, 0.4) is 0 Å². The minimum atomic E-state index is -0.769. The number of fused-ring (bicyclic) bond motifs is 2. The second kappa shape index (κ2) is 10.2. The van der Waals surface area contributed by atoms with Crippen LogP contribution in [0.15, 0.2) is 88.9 Å². The zero-order chi connectivity index (χ0) is 27.1. The van der Waals surface area contributed by atoms with E-state index in [1.54, 1.807) is 74.1 Å². The Morgan fingerprint density at radius 3 is 2.46 bits per heavy atom. The number of hydrogen-bond donors (Lipinski definition) is 1. The Hall–Kier alpha value is -4.22. The topological polar surface area (TPSA) is 111 Å². The third-order valence-electron chi connectivity index (χ3n) is 6.78. The van der Waals surface area contributed by atoms with Crippen molar-refractivity contribution < 1.29 is 19.1 Å². The predicted octanol–water partition coefficient (Wildman–Crippen LogP) is 3.75. The number of pyridine rings is 1. The summed E-state index contributed by atoms with van der Waals surface area (Å²) in [5.74, 6) is -1.74. The van der Waals surface area contributed by atoms with E-state index in [9.17, 15) is 19.2 Å². The molecule has 2 aliphatic heterocycles. The molecule has 3 amide bonds. The number of carbonyl (C=O) groups excluding carboxylic acids is 3. The highest BCUT2D eigenvalue weighted by Gasteiger charge is 2.56. The normalized spacial score (nSPS) is 19.9. The molecule has 0 saturated carbocycles. The lowest BCUT2D eigenvalue weighted by Crippen LogP contribution is -2.33. The predicted molar refractivity (Wildman–Crippen MR) is 148 cm³/mol.